The molecule has 1 fully saturated rings. The highest BCUT2D eigenvalue weighted by Gasteiger charge is 2.31. The monoisotopic (exact) mass is 455 g/mol. The molecule has 2 aromatic heterocycles. The van der Waals surface area contributed by atoms with Crippen LogP contribution in [0.4, 0.5) is 4.39 Å². The molecule has 0 bridgehead atoms. The quantitative estimate of drug-likeness (QED) is 0.476. The van der Waals surface area contributed by atoms with Crippen molar-refractivity contribution >= 4 is 23.2 Å². The van der Waals surface area contributed by atoms with Crippen molar-refractivity contribution in [1.29, 1.82) is 0 Å². The second-order valence-electron chi connectivity index (χ2n) is 7.57. The highest BCUT2D eigenvalue weighted by molar-refractivity contribution is 7.06. The molecule has 3 aromatic rings. The Morgan fingerprint density at radius 3 is 2.75 bits per heavy atom. The van der Waals surface area contributed by atoms with Gasteiger partial charge in [0.25, 0.3) is 5.91 Å². The van der Waals surface area contributed by atoms with E-state index >= 15 is 0 Å². The Morgan fingerprint density at radius 2 is 2.09 bits per heavy atom. The van der Waals surface area contributed by atoms with Crippen molar-refractivity contribution in [2.45, 2.75) is 25.9 Å². The van der Waals surface area contributed by atoms with E-state index in [1.807, 2.05) is 13.0 Å². The van der Waals surface area contributed by atoms with Crippen molar-refractivity contribution in [2.75, 3.05) is 13.2 Å². The lowest BCUT2D eigenvalue weighted by Crippen LogP contribution is -2.27. The van der Waals surface area contributed by atoms with E-state index in [-0.39, 0.29) is 36.5 Å². The Hall–Kier alpha value is -3.17. The molecule has 0 aliphatic heterocycles. The van der Waals surface area contributed by atoms with Gasteiger partial charge in [-0.25, -0.2) is 9.37 Å². The molecule has 166 valence electrons. The van der Waals surface area contributed by atoms with Gasteiger partial charge in [0.2, 0.25) is 0 Å². The lowest BCUT2D eigenvalue weighted by atomic mass is 10.1. The van der Waals surface area contributed by atoms with Gasteiger partial charge in [-0.15, -0.1) is 0 Å². The zero-order valence-corrected chi connectivity index (χ0v) is 18.2. The molecule has 0 spiro atoms. The number of carbonyl (C=O) groups excluding carboxylic acids is 2. The summed E-state index contributed by atoms with van der Waals surface area (Å²) in [5.41, 5.74) is 1.49. The normalized spacial score (nSPS) is 14.1. The number of Topliss-reactive ketones (excluding diaryl/α,β-unsaturated/α-hetero) is 1. The maximum absolute atomic E-state index is 14.4. The summed E-state index contributed by atoms with van der Waals surface area (Å²) < 4.78 is 24.7. The van der Waals surface area contributed by atoms with Crippen LogP contribution < -0.4 is 10.1 Å². The van der Waals surface area contributed by atoms with Crippen LogP contribution in [-0.2, 0) is 0 Å². The number of hydrogen-bond acceptors (Lipinski definition) is 7. The summed E-state index contributed by atoms with van der Waals surface area (Å²) in [5, 5.41) is 11.2. The van der Waals surface area contributed by atoms with E-state index in [9.17, 15) is 14.0 Å². The van der Waals surface area contributed by atoms with Crippen LogP contribution >= 0.6 is 11.5 Å². The molecule has 7 nitrogen and oxygen atoms in total. The lowest BCUT2D eigenvalue weighted by molar-refractivity contribution is 0.0938. The van der Waals surface area contributed by atoms with Crippen LogP contribution in [0.2, 0.25) is 0 Å². The number of pyridine rings is 1. The molecule has 1 amide bonds. The van der Waals surface area contributed by atoms with Gasteiger partial charge < -0.3 is 15.2 Å². The van der Waals surface area contributed by atoms with E-state index in [1.165, 1.54) is 23.7 Å². The van der Waals surface area contributed by atoms with Crippen molar-refractivity contribution in [1.82, 2.24) is 14.7 Å². The fourth-order valence-electron chi connectivity index (χ4n) is 3.15. The fraction of sp³-hybridized carbons (Fsp3) is 0.304. The van der Waals surface area contributed by atoms with Crippen LogP contribution in [0.25, 0.3) is 11.3 Å². The number of halogens is 1. The van der Waals surface area contributed by atoms with Crippen LogP contribution in [0.1, 0.15) is 51.6 Å². The van der Waals surface area contributed by atoms with Gasteiger partial charge in [-0.3, -0.25) is 9.59 Å². The Morgan fingerprint density at radius 1 is 1.28 bits per heavy atom. The van der Waals surface area contributed by atoms with Crippen LogP contribution in [0.15, 0.2) is 42.6 Å². The zero-order valence-electron chi connectivity index (χ0n) is 17.4. The van der Waals surface area contributed by atoms with E-state index in [2.05, 4.69) is 14.7 Å². The molecule has 0 radical (unpaired) electrons. The number of carbonyl (C=O) groups is 2. The predicted octanol–water partition coefficient (Wildman–Crippen LogP) is 3.80. The minimum Gasteiger partial charge on any atom is -0.484 e. The molecule has 9 heteroatoms. The van der Waals surface area contributed by atoms with Gasteiger partial charge in [0.05, 0.1) is 28.9 Å². The first-order valence-corrected chi connectivity index (χ1v) is 11.1. The number of aliphatic hydroxyl groups excluding tert-OH is 1. The summed E-state index contributed by atoms with van der Waals surface area (Å²) in [4.78, 5) is 29.0. The predicted molar refractivity (Wildman–Crippen MR) is 117 cm³/mol. The number of benzene rings is 1. The molecular formula is C23H22FN3O4S. The second-order valence-corrected chi connectivity index (χ2v) is 8.40. The van der Waals surface area contributed by atoms with Gasteiger partial charge in [-0.2, -0.15) is 4.37 Å². The molecule has 0 saturated heterocycles. The summed E-state index contributed by atoms with van der Waals surface area (Å²) in [7, 11) is 0. The average Bonchev–Trinajstić information content (AvgIpc) is 3.53. The summed E-state index contributed by atoms with van der Waals surface area (Å²) in [6, 6.07) is 9.51. The number of nitrogens with zero attached hydrogens (tertiary/aromatic N) is 2. The van der Waals surface area contributed by atoms with Gasteiger partial charge in [0.15, 0.2) is 5.78 Å². The summed E-state index contributed by atoms with van der Waals surface area (Å²) in [5.74, 6) is -0.492. The van der Waals surface area contributed by atoms with E-state index in [4.69, 9.17) is 9.84 Å². The number of aromatic nitrogens is 2. The first-order valence-electron chi connectivity index (χ1n) is 10.3. The van der Waals surface area contributed by atoms with Gasteiger partial charge in [-0.05, 0) is 61.6 Å². The van der Waals surface area contributed by atoms with E-state index in [1.54, 1.807) is 24.4 Å². The fourth-order valence-corrected chi connectivity index (χ4v) is 3.88. The molecule has 2 N–H and O–H groups in total. The molecule has 1 aliphatic carbocycles. The number of amides is 1. The molecule has 1 aromatic carbocycles. The third-order valence-electron chi connectivity index (χ3n) is 5.09. The number of hydrogen-bond donors (Lipinski definition) is 2. The molecule has 1 aliphatic rings. The van der Waals surface area contributed by atoms with E-state index in [0.717, 1.165) is 17.7 Å². The highest BCUT2D eigenvalue weighted by Crippen LogP contribution is 2.33. The second kappa shape index (κ2) is 9.54. The molecule has 1 saturated carbocycles. The number of rotatable bonds is 9. The highest BCUT2D eigenvalue weighted by atomic mass is 32.1. The molecule has 32 heavy (non-hydrogen) atoms. The van der Waals surface area contributed by atoms with Crippen LogP contribution in [0.5, 0.6) is 5.75 Å². The van der Waals surface area contributed by atoms with Crippen molar-refractivity contribution in [3.05, 3.63) is 64.5 Å². The number of ether oxygens (including phenoxy) is 1. The van der Waals surface area contributed by atoms with Crippen molar-refractivity contribution in [2.24, 2.45) is 5.92 Å². The molecule has 4 rings (SSSR count). The Balaban J connectivity index is 1.42. The zero-order chi connectivity index (χ0) is 22.7. The Bertz CT molecular complexity index is 1130. The topological polar surface area (TPSA) is 101 Å². The summed E-state index contributed by atoms with van der Waals surface area (Å²) in [6.07, 6.45) is 3.10. The minimum atomic E-state index is -0.663. The van der Waals surface area contributed by atoms with Crippen molar-refractivity contribution < 1.29 is 23.8 Å². The third kappa shape index (κ3) is 5.00. The Kier molecular flexibility index (Phi) is 6.57. The third-order valence-corrected chi connectivity index (χ3v) is 6.03. The van der Waals surface area contributed by atoms with E-state index < -0.39 is 11.7 Å². The van der Waals surface area contributed by atoms with E-state index in [0.29, 0.717) is 22.7 Å². The first kappa shape index (κ1) is 22.0. The minimum absolute atomic E-state index is 0.0580. The first-order chi connectivity index (χ1) is 15.5. The van der Waals surface area contributed by atoms with Gasteiger partial charge >= 0.3 is 0 Å². The van der Waals surface area contributed by atoms with Gasteiger partial charge in [0, 0.05) is 18.0 Å². The van der Waals surface area contributed by atoms with Crippen LogP contribution in [0.3, 0.4) is 0 Å². The number of aliphatic hydroxyl groups is 1. The maximum atomic E-state index is 14.4. The average molecular weight is 456 g/mol. The molecule has 0 unspecified atom stereocenters. The number of ketones is 1. The largest absolute Gasteiger partial charge is 0.484 e. The summed E-state index contributed by atoms with van der Waals surface area (Å²) >= 11 is 1.24. The molecule has 1 atom stereocenters. The van der Waals surface area contributed by atoms with Gasteiger partial charge in [-0.1, -0.05) is 6.07 Å². The number of nitrogens with one attached hydrogen (secondary N) is 1. The standard InChI is InChI=1S/C23H22FN3O4S/c1-13(31-16-5-7-19(26-12-16)22(29)14-2-3-14)21-11-20(27-32-21)15-4-6-17(18(24)10-15)23(30)25-8-9-28/h4-7,10-14,28H,2-3,8-9H2,1H3,(H,25,30)/t13-/m1/s1. The smallest absolute Gasteiger partial charge is 0.254 e. The van der Waals surface area contributed by atoms with Crippen molar-refractivity contribution in [3.63, 3.8) is 0 Å². The Labute approximate surface area is 188 Å². The molecule has 2 heterocycles. The van der Waals surface area contributed by atoms with Crippen LogP contribution in [-0.4, -0.2) is 39.3 Å². The maximum Gasteiger partial charge on any atom is 0.254 e. The van der Waals surface area contributed by atoms with Crippen LogP contribution in [0, 0.1) is 11.7 Å². The SMILES string of the molecule is C[C@@H](Oc1ccc(C(=O)C2CC2)nc1)c1cc(-c2ccc(C(=O)NCCO)c(F)c2)ns1. The molecular weight excluding hydrogens is 433 g/mol. The van der Waals surface area contributed by atoms with Gasteiger partial charge in [0.1, 0.15) is 23.4 Å². The van der Waals surface area contributed by atoms with Crippen molar-refractivity contribution in [3.8, 4) is 17.0 Å². The summed E-state index contributed by atoms with van der Waals surface area (Å²) in [6.45, 7) is 1.71. The lowest BCUT2D eigenvalue weighted by Gasteiger charge is -2.12.